The Balaban J connectivity index is 1.54. The minimum absolute atomic E-state index is 0.0793. The van der Waals surface area contributed by atoms with Crippen LogP contribution in [0.4, 0.5) is 0 Å². The molecule has 0 aliphatic carbocycles. The summed E-state index contributed by atoms with van der Waals surface area (Å²) in [4.78, 5) is 25.4. The highest BCUT2D eigenvalue weighted by Crippen LogP contribution is 2.33. The molecule has 0 atom stereocenters. The predicted octanol–water partition coefficient (Wildman–Crippen LogP) is 1.83. The molecule has 1 aromatic heterocycles. The molecule has 2 N–H and O–H groups in total. The smallest absolute Gasteiger partial charge is 0.287 e. The van der Waals surface area contributed by atoms with Crippen LogP contribution in [0, 0.1) is 0 Å². The van der Waals surface area contributed by atoms with Crippen molar-refractivity contribution in [2.75, 3.05) is 6.79 Å². The Morgan fingerprint density at radius 3 is 2.50 bits per heavy atom. The lowest BCUT2D eigenvalue weighted by atomic mass is 10.1. The van der Waals surface area contributed by atoms with Crippen LogP contribution in [0.15, 0.2) is 81.0 Å². The average molecular weight is 482 g/mol. The van der Waals surface area contributed by atoms with E-state index in [1.165, 1.54) is 12.1 Å². The van der Waals surface area contributed by atoms with Crippen LogP contribution in [-0.4, -0.2) is 37.8 Å². The first-order valence-corrected chi connectivity index (χ1v) is 11.1. The first-order valence-electron chi connectivity index (χ1n) is 9.66. The Bertz CT molecular complexity index is 1390. The number of fused-ring (bicyclic) bond motifs is 1. The first-order chi connectivity index (χ1) is 16.3. The third-order valence-electron chi connectivity index (χ3n) is 4.44. The summed E-state index contributed by atoms with van der Waals surface area (Å²) in [5.74, 6) is -0.337. The Kier molecular flexibility index (Phi) is 6.43. The van der Waals surface area contributed by atoms with Crippen LogP contribution in [-0.2, 0) is 14.9 Å². The summed E-state index contributed by atoms with van der Waals surface area (Å²) in [5, 5.41) is 5.45. The summed E-state index contributed by atoms with van der Waals surface area (Å²) in [6.45, 7) is 0.0808. The molecule has 0 fully saturated rings. The van der Waals surface area contributed by atoms with Gasteiger partial charge in [0.2, 0.25) is 11.9 Å². The second-order valence-corrected chi connectivity index (χ2v) is 8.11. The number of hydrogen-bond donors (Lipinski definition) is 2. The number of rotatable bonds is 7. The van der Waals surface area contributed by atoms with Gasteiger partial charge >= 0.3 is 0 Å². The standard InChI is InChI=1S/C22H17N3O8S/c26-21(15-4-2-1-3-5-15)24-17(10-14-6-8-18-19(11-14)32-13-31-18)22(27)25-23-12-16-7-9-20(33-16)34(28,29)30/h1-12H,13H2,(H,24,26)(H,25,27)(H,28,29,30)/p-1. The number of amides is 2. The maximum atomic E-state index is 12.8. The topological polar surface area (TPSA) is 159 Å². The van der Waals surface area contributed by atoms with Crippen LogP contribution in [0.2, 0.25) is 0 Å². The molecule has 2 amide bonds. The molecular formula is C22H16N3O8S-. The van der Waals surface area contributed by atoms with Crippen LogP contribution in [0.25, 0.3) is 6.08 Å². The lowest BCUT2D eigenvalue weighted by Gasteiger charge is -2.09. The number of carbonyl (C=O) groups is 2. The molecule has 0 unspecified atom stereocenters. The van der Waals surface area contributed by atoms with Crippen molar-refractivity contribution in [2.24, 2.45) is 5.10 Å². The second kappa shape index (κ2) is 9.60. The number of furan rings is 1. The number of benzene rings is 2. The molecule has 12 heteroatoms. The van der Waals surface area contributed by atoms with Gasteiger partial charge in [-0.1, -0.05) is 24.3 Å². The number of nitrogens with one attached hydrogen (secondary N) is 2. The van der Waals surface area contributed by atoms with Gasteiger partial charge in [-0.15, -0.1) is 0 Å². The summed E-state index contributed by atoms with van der Waals surface area (Å²) in [6.07, 6.45) is 2.42. The minimum Gasteiger partial charge on any atom is -0.742 e. The molecule has 1 aliphatic heterocycles. The maximum Gasteiger partial charge on any atom is 0.287 e. The zero-order valence-electron chi connectivity index (χ0n) is 17.3. The molecule has 34 heavy (non-hydrogen) atoms. The van der Waals surface area contributed by atoms with Crippen molar-refractivity contribution in [3.63, 3.8) is 0 Å². The molecule has 174 valence electrons. The average Bonchev–Trinajstić information content (AvgIpc) is 3.48. The van der Waals surface area contributed by atoms with Crippen LogP contribution in [0.3, 0.4) is 0 Å². The lowest BCUT2D eigenvalue weighted by molar-refractivity contribution is -0.117. The zero-order chi connectivity index (χ0) is 24.1. The molecule has 0 radical (unpaired) electrons. The lowest BCUT2D eigenvalue weighted by Crippen LogP contribution is -2.32. The predicted molar refractivity (Wildman–Crippen MR) is 117 cm³/mol. The Hall–Kier alpha value is -4.42. The van der Waals surface area contributed by atoms with Crippen molar-refractivity contribution < 1.29 is 36.5 Å². The molecule has 1 aliphatic rings. The van der Waals surface area contributed by atoms with Gasteiger partial charge in [-0.2, -0.15) is 5.10 Å². The van der Waals surface area contributed by atoms with E-state index in [0.29, 0.717) is 22.6 Å². The van der Waals surface area contributed by atoms with Crippen molar-refractivity contribution in [2.45, 2.75) is 5.09 Å². The van der Waals surface area contributed by atoms with Crippen molar-refractivity contribution in [1.82, 2.24) is 10.7 Å². The highest BCUT2D eigenvalue weighted by Gasteiger charge is 2.17. The summed E-state index contributed by atoms with van der Waals surface area (Å²) < 4.78 is 48.3. The van der Waals surface area contributed by atoms with Crippen molar-refractivity contribution in [3.8, 4) is 11.5 Å². The van der Waals surface area contributed by atoms with Crippen molar-refractivity contribution in [3.05, 3.63) is 83.2 Å². The first kappa shape index (κ1) is 22.8. The molecule has 0 spiro atoms. The van der Waals surface area contributed by atoms with E-state index < -0.39 is 27.0 Å². The highest BCUT2D eigenvalue weighted by molar-refractivity contribution is 7.85. The normalized spacial score (nSPS) is 13.1. The monoisotopic (exact) mass is 482 g/mol. The van der Waals surface area contributed by atoms with Gasteiger partial charge in [0.05, 0.1) is 6.21 Å². The van der Waals surface area contributed by atoms with Gasteiger partial charge in [-0.25, -0.2) is 13.8 Å². The fraction of sp³-hybridized carbons (Fsp3) is 0.0455. The number of hydrazone groups is 1. The molecule has 11 nitrogen and oxygen atoms in total. The van der Waals surface area contributed by atoms with E-state index in [4.69, 9.17) is 13.9 Å². The third kappa shape index (κ3) is 5.49. The van der Waals surface area contributed by atoms with E-state index >= 15 is 0 Å². The van der Waals surface area contributed by atoms with Crippen molar-refractivity contribution >= 4 is 34.2 Å². The van der Waals surface area contributed by atoms with E-state index in [2.05, 4.69) is 15.8 Å². The number of hydrogen-bond acceptors (Lipinski definition) is 9. The molecular weight excluding hydrogens is 466 g/mol. The maximum absolute atomic E-state index is 12.8. The van der Waals surface area contributed by atoms with Gasteiger partial charge < -0.3 is 23.8 Å². The molecule has 2 aromatic carbocycles. The van der Waals surface area contributed by atoms with Crippen LogP contribution < -0.4 is 20.2 Å². The largest absolute Gasteiger partial charge is 0.742 e. The minimum atomic E-state index is -4.76. The van der Waals surface area contributed by atoms with Crippen LogP contribution in [0.1, 0.15) is 21.7 Å². The molecule has 2 heterocycles. The van der Waals surface area contributed by atoms with Crippen LogP contribution in [0.5, 0.6) is 11.5 Å². The van der Waals surface area contributed by atoms with E-state index in [-0.39, 0.29) is 18.3 Å². The van der Waals surface area contributed by atoms with Gasteiger partial charge in [-0.05, 0) is 48.0 Å². The molecule has 0 bridgehead atoms. The number of ether oxygens (including phenoxy) is 2. The van der Waals surface area contributed by atoms with E-state index in [9.17, 15) is 22.6 Å². The van der Waals surface area contributed by atoms with Gasteiger partial charge in [0.1, 0.15) is 11.5 Å². The molecule has 0 saturated carbocycles. The van der Waals surface area contributed by atoms with Gasteiger partial charge in [0.25, 0.3) is 11.8 Å². The van der Waals surface area contributed by atoms with Gasteiger partial charge in [0, 0.05) is 5.56 Å². The quantitative estimate of drug-likeness (QED) is 0.223. The Morgan fingerprint density at radius 1 is 1.00 bits per heavy atom. The number of carbonyl (C=O) groups excluding carboxylic acids is 2. The van der Waals surface area contributed by atoms with E-state index in [1.54, 1.807) is 48.5 Å². The van der Waals surface area contributed by atoms with E-state index in [1.807, 2.05) is 0 Å². The second-order valence-electron chi connectivity index (χ2n) is 6.80. The summed E-state index contributed by atoms with van der Waals surface area (Å²) >= 11 is 0. The Morgan fingerprint density at radius 2 is 1.76 bits per heavy atom. The summed E-state index contributed by atoms with van der Waals surface area (Å²) in [7, 11) is -4.76. The molecule has 3 aromatic rings. The molecule has 0 saturated heterocycles. The third-order valence-corrected chi connectivity index (χ3v) is 5.16. The fourth-order valence-electron chi connectivity index (χ4n) is 2.86. The zero-order valence-corrected chi connectivity index (χ0v) is 18.1. The molecule has 4 rings (SSSR count). The summed E-state index contributed by atoms with van der Waals surface area (Å²) in [5.41, 5.74) is 2.96. The fourth-order valence-corrected chi connectivity index (χ4v) is 3.30. The van der Waals surface area contributed by atoms with Gasteiger partial charge in [0.15, 0.2) is 21.6 Å². The SMILES string of the molecule is O=C(NN=Cc1ccc(S(=O)(=O)[O-])o1)C(=Cc1ccc2c(c1)OCO2)NC(=O)c1ccccc1. The summed E-state index contributed by atoms with van der Waals surface area (Å²) in [6, 6.07) is 15.4. The van der Waals surface area contributed by atoms with E-state index in [0.717, 1.165) is 12.3 Å². The van der Waals surface area contributed by atoms with Gasteiger partial charge in [-0.3, -0.25) is 9.59 Å². The number of nitrogens with zero attached hydrogens (tertiary/aromatic N) is 1. The van der Waals surface area contributed by atoms with Crippen LogP contribution >= 0.6 is 0 Å². The Labute approximate surface area is 193 Å². The highest BCUT2D eigenvalue weighted by atomic mass is 32.2. The van der Waals surface area contributed by atoms with Crippen molar-refractivity contribution in [1.29, 1.82) is 0 Å².